The van der Waals surface area contributed by atoms with Gasteiger partial charge in [-0.3, -0.25) is 4.79 Å². The number of nitrogens with one attached hydrogen (secondary N) is 1. The van der Waals surface area contributed by atoms with Crippen LogP contribution in [0.5, 0.6) is 0 Å². The Morgan fingerprint density at radius 3 is 1.96 bits per heavy atom. The summed E-state index contributed by atoms with van der Waals surface area (Å²) >= 11 is 0. The van der Waals surface area contributed by atoms with Crippen LogP contribution in [0.15, 0.2) is 79.0 Å². The molecule has 4 heteroatoms. The van der Waals surface area contributed by atoms with Gasteiger partial charge in [-0.05, 0) is 23.3 Å². The molecule has 1 aromatic heterocycles. The van der Waals surface area contributed by atoms with Crippen LogP contribution in [0, 0.1) is 11.3 Å². The predicted molar refractivity (Wildman–Crippen MR) is 91.1 cm³/mol. The van der Waals surface area contributed by atoms with Gasteiger partial charge < -0.3 is 5.32 Å². The van der Waals surface area contributed by atoms with E-state index in [2.05, 4.69) is 10.3 Å². The third-order valence-corrected chi connectivity index (χ3v) is 3.68. The molecule has 1 amide bonds. The molecule has 1 N–H and O–H groups in total. The van der Waals surface area contributed by atoms with E-state index in [1.165, 1.54) is 12.3 Å². The summed E-state index contributed by atoms with van der Waals surface area (Å²) in [7, 11) is 0. The van der Waals surface area contributed by atoms with Crippen molar-refractivity contribution in [2.45, 2.75) is 6.04 Å². The Labute approximate surface area is 140 Å². The number of benzene rings is 2. The number of carbonyl (C=O) groups is 1. The van der Waals surface area contributed by atoms with Crippen LogP contribution in [0.2, 0.25) is 0 Å². The van der Waals surface area contributed by atoms with Crippen LogP contribution < -0.4 is 5.32 Å². The second-order valence-corrected chi connectivity index (χ2v) is 5.27. The number of carbonyl (C=O) groups excluding carboxylic acids is 1. The maximum absolute atomic E-state index is 12.6. The fourth-order valence-electron chi connectivity index (χ4n) is 2.46. The molecular formula is C20H15N3O. The normalized spacial score (nSPS) is 10.2. The zero-order valence-corrected chi connectivity index (χ0v) is 12.9. The second-order valence-electron chi connectivity index (χ2n) is 5.27. The van der Waals surface area contributed by atoms with Crippen molar-refractivity contribution in [3.63, 3.8) is 0 Å². The van der Waals surface area contributed by atoms with Gasteiger partial charge in [-0.2, -0.15) is 5.26 Å². The highest BCUT2D eigenvalue weighted by atomic mass is 16.1. The van der Waals surface area contributed by atoms with Crippen LogP contribution in [0.1, 0.15) is 33.2 Å². The Hall–Kier alpha value is -3.45. The minimum absolute atomic E-state index is 0.232. The first-order chi connectivity index (χ1) is 11.8. The SMILES string of the molecule is N#Cc1ccc(C(=O)NC(c2ccccc2)c2ccccc2)cn1. The first-order valence-electron chi connectivity index (χ1n) is 7.55. The third-order valence-electron chi connectivity index (χ3n) is 3.68. The summed E-state index contributed by atoms with van der Waals surface area (Å²) in [6, 6.07) is 24.4. The Morgan fingerprint density at radius 2 is 1.50 bits per heavy atom. The van der Waals surface area contributed by atoms with Crippen molar-refractivity contribution < 1.29 is 4.79 Å². The summed E-state index contributed by atoms with van der Waals surface area (Å²) in [4.78, 5) is 16.5. The molecule has 0 spiro atoms. The van der Waals surface area contributed by atoms with Gasteiger partial charge in [0.1, 0.15) is 11.8 Å². The van der Waals surface area contributed by atoms with E-state index in [4.69, 9.17) is 5.26 Å². The lowest BCUT2D eigenvalue weighted by Crippen LogP contribution is -2.29. The van der Waals surface area contributed by atoms with Crippen molar-refractivity contribution in [2.24, 2.45) is 0 Å². The number of nitriles is 1. The number of nitrogens with zero attached hydrogens (tertiary/aromatic N) is 2. The van der Waals surface area contributed by atoms with E-state index >= 15 is 0 Å². The Bertz CT molecular complexity index is 813. The van der Waals surface area contributed by atoms with Crippen LogP contribution >= 0.6 is 0 Å². The molecule has 0 atom stereocenters. The molecule has 1 heterocycles. The summed E-state index contributed by atoms with van der Waals surface area (Å²) in [5.41, 5.74) is 2.71. The average Bonchev–Trinajstić information content (AvgIpc) is 2.67. The fraction of sp³-hybridized carbons (Fsp3) is 0.0500. The van der Waals surface area contributed by atoms with Crippen molar-refractivity contribution in [2.75, 3.05) is 0 Å². The molecule has 0 fully saturated rings. The van der Waals surface area contributed by atoms with Crippen LogP contribution in [0.25, 0.3) is 0 Å². The van der Waals surface area contributed by atoms with Crippen molar-refractivity contribution in [3.8, 4) is 6.07 Å². The Morgan fingerprint density at radius 1 is 0.917 bits per heavy atom. The lowest BCUT2D eigenvalue weighted by molar-refractivity contribution is 0.0942. The molecule has 24 heavy (non-hydrogen) atoms. The molecule has 116 valence electrons. The van der Waals surface area contributed by atoms with Gasteiger partial charge in [0.15, 0.2) is 0 Å². The van der Waals surface area contributed by atoms with Crippen molar-refractivity contribution >= 4 is 5.91 Å². The molecule has 0 unspecified atom stereocenters. The van der Waals surface area contributed by atoms with Crippen molar-refractivity contribution in [1.82, 2.24) is 10.3 Å². The van der Waals surface area contributed by atoms with E-state index in [-0.39, 0.29) is 17.6 Å². The number of pyridine rings is 1. The summed E-state index contributed by atoms with van der Waals surface area (Å²) < 4.78 is 0. The van der Waals surface area contributed by atoms with E-state index < -0.39 is 0 Å². The predicted octanol–water partition coefficient (Wildman–Crippen LogP) is 3.47. The molecule has 0 saturated heterocycles. The summed E-state index contributed by atoms with van der Waals surface area (Å²) in [6.07, 6.45) is 1.42. The highest BCUT2D eigenvalue weighted by Crippen LogP contribution is 2.22. The van der Waals surface area contributed by atoms with Gasteiger partial charge in [-0.1, -0.05) is 60.7 Å². The van der Waals surface area contributed by atoms with Gasteiger partial charge in [0, 0.05) is 6.20 Å². The van der Waals surface area contributed by atoms with Crippen LogP contribution in [0.4, 0.5) is 0 Å². The highest BCUT2D eigenvalue weighted by molar-refractivity contribution is 5.94. The Balaban J connectivity index is 1.89. The molecule has 2 aromatic carbocycles. The molecule has 3 rings (SSSR count). The van der Waals surface area contributed by atoms with Gasteiger partial charge in [-0.15, -0.1) is 0 Å². The monoisotopic (exact) mass is 313 g/mol. The van der Waals surface area contributed by atoms with E-state index in [1.54, 1.807) is 6.07 Å². The highest BCUT2D eigenvalue weighted by Gasteiger charge is 2.17. The van der Waals surface area contributed by atoms with Crippen LogP contribution in [-0.2, 0) is 0 Å². The molecule has 0 aliphatic carbocycles. The number of rotatable bonds is 4. The first kappa shape index (κ1) is 15.4. The largest absolute Gasteiger partial charge is 0.341 e. The molecule has 0 aliphatic rings. The van der Waals surface area contributed by atoms with E-state index in [1.807, 2.05) is 66.7 Å². The molecule has 3 aromatic rings. The van der Waals surface area contributed by atoms with Crippen molar-refractivity contribution in [3.05, 3.63) is 101 Å². The third kappa shape index (κ3) is 3.47. The second kappa shape index (κ2) is 7.21. The molecule has 0 bridgehead atoms. The Kier molecular flexibility index (Phi) is 4.64. The average molecular weight is 313 g/mol. The number of amides is 1. The van der Waals surface area contributed by atoms with Crippen molar-refractivity contribution in [1.29, 1.82) is 5.26 Å². The fourth-order valence-corrected chi connectivity index (χ4v) is 2.46. The minimum atomic E-state index is -0.254. The van der Waals surface area contributed by atoms with E-state index in [0.717, 1.165) is 11.1 Å². The molecular weight excluding hydrogens is 298 g/mol. The molecule has 4 nitrogen and oxygen atoms in total. The first-order valence-corrected chi connectivity index (χ1v) is 7.55. The standard InChI is InChI=1S/C20H15N3O/c21-13-18-12-11-17(14-22-18)20(24)23-19(15-7-3-1-4-8-15)16-9-5-2-6-10-16/h1-12,14,19H,(H,23,24). The number of aromatic nitrogens is 1. The lowest BCUT2D eigenvalue weighted by atomic mass is 9.98. The summed E-state index contributed by atoms with van der Waals surface area (Å²) in [6.45, 7) is 0. The maximum Gasteiger partial charge on any atom is 0.253 e. The topological polar surface area (TPSA) is 65.8 Å². The lowest BCUT2D eigenvalue weighted by Gasteiger charge is -2.20. The summed E-state index contributed by atoms with van der Waals surface area (Å²) in [5.74, 6) is -0.232. The maximum atomic E-state index is 12.6. The molecule has 0 radical (unpaired) electrons. The number of hydrogen-bond donors (Lipinski definition) is 1. The molecule has 0 aliphatic heterocycles. The van der Waals surface area contributed by atoms with E-state index in [0.29, 0.717) is 5.56 Å². The van der Waals surface area contributed by atoms with Crippen LogP contribution in [-0.4, -0.2) is 10.9 Å². The zero-order chi connectivity index (χ0) is 16.8. The van der Waals surface area contributed by atoms with Gasteiger partial charge in [0.05, 0.1) is 11.6 Å². The zero-order valence-electron chi connectivity index (χ0n) is 12.9. The summed E-state index contributed by atoms with van der Waals surface area (Å²) in [5, 5.41) is 11.8. The van der Waals surface area contributed by atoms with E-state index in [9.17, 15) is 4.79 Å². The smallest absolute Gasteiger partial charge is 0.253 e. The van der Waals surface area contributed by atoms with Crippen LogP contribution in [0.3, 0.4) is 0 Å². The number of hydrogen-bond acceptors (Lipinski definition) is 3. The van der Waals surface area contributed by atoms with Gasteiger partial charge in [0.25, 0.3) is 5.91 Å². The van der Waals surface area contributed by atoms with Gasteiger partial charge in [0.2, 0.25) is 0 Å². The minimum Gasteiger partial charge on any atom is -0.341 e. The quantitative estimate of drug-likeness (QED) is 0.802. The van der Waals surface area contributed by atoms with Gasteiger partial charge >= 0.3 is 0 Å². The molecule has 0 saturated carbocycles. The van der Waals surface area contributed by atoms with Gasteiger partial charge in [-0.25, -0.2) is 4.98 Å².